The molecular formula is C18H16F6N2O. The molecule has 0 spiro atoms. The first-order chi connectivity index (χ1) is 12.6. The Kier molecular flexibility index (Phi) is 6.12. The highest BCUT2D eigenvalue weighted by molar-refractivity contribution is 5.82. The van der Waals surface area contributed by atoms with Gasteiger partial charge in [-0.1, -0.05) is 6.07 Å². The number of rotatable bonds is 5. The van der Waals surface area contributed by atoms with E-state index in [1.54, 1.807) is 13.8 Å². The van der Waals surface area contributed by atoms with Crippen LogP contribution >= 0.6 is 0 Å². The van der Waals surface area contributed by atoms with Gasteiger partial charge in [0.25, 0.3) is 0 Å². The number of halogens is 6. The quantitative estimate of drug-likeness (QED) is 0.553. The predicted octanol–water partition coefficient (Wildman–Crippen LogP) is 4.60. The summed E-state index contributed by atoms with van der Waals surface area (Å²) >= 11 is 0. The second-order valence-electron chi connectivity index (χ2n) is 5.63. The van der Waals surface area contributed by atoms with Crippen molar-refractivity contribution in [1.29, 1.82) is 0 Å². The molecule has 146 valence electrons. The fourth-order valence-corrected chi connectivity index (χ4v) is 2.74. The first kappa shape index (κ1) is 20.7. The van der Waals surface area contributed by atoms with Crippen LogP contribution in [0.25, 0.3) is 11.3 Å². The van der Waals surface area contributed by atoms with E-state index in [1.807, 2.05) is 0 Å². The van der Waals surface area contributed by atoms with Crippen LogP contribution in [0.2, 0.25) is 0 Å². The first-order valence-electron chi connectivity index (χ1n) is 8.09. The van der Waals surface area contributed by atoms with E-state index in [1.165, 1.54) is 29.3 Å². The summed E-state index contributed by atoms with van der Waals surface area (Å²) in [6.45, 7) is 3.71. The van der Waals surface area contributed by atoms with Gasteiger partial charge in [0.15, 0.2) is 11.6 Å². The minimum atomic E-state index is -5.47. The van der Waals surface area contributed by atoms with E-state index in [4.69, 9.17) is 0 Å². The van der Waals surface area contributed by atoms with Gasteiger partial charge in [-0.05, 0) is 26.0 Å². The van der Waals surface area contributed by atoms with Crippen molar-refractivity contribution in [2.75, 3.05) is 13.1 Å². The van der Waals surface area contributed by atoms with E-state index in [2.05, 4.69) is 4.98 Å². The molecule has 2 aromatic rings. The maximum atomic E-state index is 14.7. The molecule has 1 aromatic heterocycles. The fourth-order valence-electron chi connectivity index (χ4n) is 2.74. The largest absolute Gasteiger partial charge is 0.422 e. The molecule has 9 heteroatoms. The van der Waals surface area contributed by atoms with Gasteiger partial charge in [-0.25, -0.2) is 13.2 Å². The van der Waals surface area contributed by atoms with Gasteiger partial charge in [0.1, 0.15) is 11.4 Å². The molecule has 1 amide bonds. The maximum Gasteiger partial charge on any atom is 0.422 e. The Morgan fingerprint density at radius 3 is 2.15 bits per heavy atom. The van der Waals surface area contributed by atoms with E-state index in [0.717, 1.165) is 0 Å². The molecule has 0 aliphatic rings. The third-order valence-electron chi connectivity index (χ3n) is 4.07. The normalized spacial score (nSPS) is 11.6. The molecule has 0 fully saturated rings. The van der Waals surface area contributed by atoms with Crippen molar-refractivity contribution >= 4 is 5.91 Å². The lowest BCUT2D eigenvalue weighted by Gasteiger charge is -2.21. The van der Waals surface area contributed by atoms with Gasteiger partial charge in [-0.3, -0.25) is 9.78 Å². The van der Waals surface area contributed by atoms with Gasteiger partial charge in [0.2, 0.25) is 5.91 Å². The van der Waals surface area contributed by atoms with Crippen molar-refractivity contribution in [2.45, 2.75) is 26.4 Å². The molecule has 0 atom stereocenters. The monoisotopic (exact) mass is 390 g/mol. The molecule has 2 rings (SSSR count). The Labute approximate surface area is 151 Å². The number of hydrogen-bond acceptors (Lipinski definition) is 2. The van der Waals surface area contributed by atoms with Crippen LogP contribution in [0.1, 0.15) is 25.0 Å². The third kappa shape index (κ3) is 4.06. The number of likely N-dealkylation sites (N-methyl/N-ethyl adjacent to an activating group) is 1. The van der Waals surface area contributed by atoms with Gasteiger partial charge in [-0.15, -0.1) is 0 Å². The second kappa shape index (κ2) is 7.98. The second-order valence-corrected chi connectivity index (χ2v) is 5.63. The molecule has 0 bridgehead atoms. The van der Waals surface area contributed by atoms with Crippen LogP contribution in [-0.2, 0) is 17.4 Å². The van der Waals surface area contributed by atoms with E-state index in [0.29, 0.717) is 0 Å². The Morgan fingerprint density at radius 1 is 1.04 bits per heavy atom. The van der Waals surface area contributed by atoms with Crippen LogP contribution in [-0.4, -0.2) is 28.9 Å². The zero-order chi connectivity index (χ0) is 20.4. The number of benzene rings is 1. The highest BCUT2D eigenvalue weighted by Crippen LogP contribution is 2.40. The molecule has 0 N–H and O–H groups in total. The van der Waals surface area contributed by atoms with Crippen LogP contribution in [0, 0.1) is 17.5 Å². The summed E-state index contributed by atoms with van der Waals surface area (Å²) in [5.74, 6) is -6.98. The van der Waals surface area contributed by atoms with Crippen LogP contribution < -0.4 is 0 Å². The summed E-state index contributed by atoms with van der Waals surface area (Å²) in [6, 6.07) is 4.01. The smallest absolute Gasteiger partial charge is 0.343 e. The summed E-state index contributed by atoms with van der Waals surface area (Å²) in [4.78, 5) is 17.3. The molecule has 0 aliphatic heterocycles. The molecule has 0 saturated carbocycles. The predicted molar refractivity (Wildman–Crippen MR) is 86.2 cm³/mol. The molecule has 0 aliphatic carbocycles. The molecule has 27 heavy (non-hydrogen) atoms. The number of amides is 1. The van der Waals surface area contributed by atoms with Gasteiger partial charge < -0.3 is 4.90 Å². The summed E-state index contributed by atoms with van der Waals surface area (Å²) < 4.78 is 82.5. The lowest BCUT2D eigenvalue weighted by molar-refractivity contribution is -0.143. The summed E-state index contributed by atoms with van der Waals surface area (Å²) in [5.41, 5.74) is -4.30. The standard InChI is InChI=1S/C18H16F6N2O/c1-3-26(4-2)12(27)9-10-13(11-7-5-6-8-25-11)16(20)17(21)14(15(10)19)18(22,23)24/h5-8H,3-4,9H2,1-2H3. The minimum absolute atomic E-state index is 0.228. The zero-order valence-corrected chi connectivity index (χ0v) is 14.5. The number of carbonyl (C=O) groups is 1. The third-order valence-corrected chi connectivity index (χ3v) is 4.07. The van der Waals surface area contributed by atoms with Crippen molar-refractivity contribution in [1.82, 2.24) is 9.88 Å². The van der Waals surface area contributed by atoms with Crippen molar-refractivity contribution in [3.8, 4) is 11.3 Å². The average molecular weight is 390 g/mol. The van der Waals surface area contributed by atoms with Gasteiger partial charge in [-0.2, -0.15) is 13.2 Å². The fraction of sp³-hybridized carbons (Fsp3) is 0.333. The maximum absolute atomic E-state index is 14.7. The van der Waals surface area contributed by atoms with Crippen LogP contribution in [0.4, 0.5) is 26.3 Å². The van der Waals surface area contributed by atoms with Crippen molar-refractivity contribution in [3.63, 3.8) is 0 Å². The van der Waals surface area contributed by atoms with E-state index in [9.17, 15) is 31.1 Å². The first-order valence-corrected chi connectivity index (χ1v) is 8.09. The van der Waals surface area contributed by atoms with Crippen molar-refractivity contribution in [3.05, 3.63) is 53.0 Å². The number of carbonyl (C=O) groups excluding carboxylic acids is 1. The molecule has 0 radical (unpaired) electrons. The zero-order valence-electron chi connectivity index (χ0n) is 14.5. The van der Waals surface area contributed by atoms with Gasteiger partial charge >= 0.3 is 6.18 Å². The average Bonchev–Trinajstić information content (AvgIpc) is 2.60. The molecule has 0 saturated heterocycles. The lowest BCUT2D eigenvalue weighted by Crippen LogP contribution is -2.32. The molecule has 3 nitrogen and oxygen atoms in total. The Hall–Kier alpha value is -2.58. The summed E-state index contributed by atoms with van der Waals surface area (Å²) in [6.07, 6.45) is -5.14. The molecule has 1 heterocycles. The summed E-state index contributed by atoms with van der Waals surface area (Å²) in [7, 11) is 0. The Balaban J connectivity index is 2.78. The Bertz CT molecular complexity index is 832. The van der Waals surface area contributed by atoms with Crippen LogP contribution in [0.3, 0.4) is 0 Å². The number of aromatic nitrogens is 1. The number of nitrogens with zero attached hydrogens (tertiary/aromatic N) is 2. The molecule has 1 aromatic carbocycles. The summed E-state index contributed by atoms with van der Waals surface area (Å²) in [5, 5.41) is 0. The molecular weight excluding hydrogens is 374 g/mol. The lowest BCUT2D eigenvalue weighted by atomic mass is 9.95. The SMILES string of the molecule is CCN(CC)C(=O)Cc1c(F)c(C(F)(F)F)c(F)c(F)c1-c1ccccn1. The van der Waals surface area contributed by atoms with Crippen molar-refractivity contribution < 1.29 is 31.1 Å². The van der Waals surface area contributed by atoms with E-state index >= 15 is 0 Å². The van der Waals surface area contributed by atoms with Gasteiger partial charge in [0.05, 0.1) is 12.1 Å². The topological polar surface area (TPSA) is 33.2 Å². The molecule has 0 unspecified atom stereocenters. The van der Waals surface area contributed by atoms with E-state index in [-0.39, 0.29) is 18.8 Å². The Morgan fingerprint density at radius 2 is 1.67 bits per heavy atom. The van der Waals surface area contributed by atoms with Crippen LogP contribution in [0.5, 0.6) is 0 Å². The van der Waals surface area contributed by atoms with Crippen LogP contribution in [0.15, 0.2) is 24.4 Å². The number of hydrogen-bond donors (Lipinski definition) is 0. The number of pyridine rings is 1. The van der Waals surface area contributed by atoms with E-state index < -0.39 is 52.6 Å². The van der Waals surface area contributed by atoms with Crippen molar-refractivity contribution in [2.24, 2.45) is 0 Å². The minimum Gasteiger partial charge on any atom is -0.343 e. The highest BCUT2D eigenvalue weighted by Gasteiger charge is 2.42. The van der Waals surface area contributed by atoms with Gasteiger partial charge in [0, 0.05) is 30.4 Å². The number of alkyl halides is 3. The highest BCUT2D eigenvalue weighted by atomic mass is 19.4.